The number of benzene rings is 1. The van der Waals surface area contributed by atoms with Crippen LogP contribution in [0.3, 0.4) is 0 Å². The topological polar surface area (TPSA) is 61.4 Å². The number of aryl methyl sites for hydroxylation is 1. The second-order valence-corrected chi connectivity index (χ2v) is 7.45. The predicted molar refractivity (Wildman–Crippen MR) is 86.9 cm³/mol. The SMILES string of the molecule is CNCc1cc(S(=O)(=O)NC(C)CCN(C)C)ccc1C. The van der Waals surface area contributed by atoms with Gasteiger partial charge in [-0.1, -0.05) is 6.07 Å². The van der Waals surface area contributed by atoms with E-state index < -0.39 is 10.0 Å². The van der Waals surface area contributed by atoms with Gasteiger partial charge in [-0.3, -0.25) is 0 Å². The summed E-state index contributed by atoms with van der Waals surface area (Å²) < 4.78 is 27.6. The maximum Gasteiger partial charge on any atom is 0.240 e. The zero-order valence-corrected chi connectivity index (χ0v) is 14.4. The van der Waals surface area contributed by atoms with E-state index in [1.54, 1.807) is 12.1 Å². The fourth-order valence-electron chi connectivity index (χ4n) is 2.04. The van der Waals surface area contributed by atoms with Crippen LogP contribution in [0.1, 0.15) is 24.5 Å². The van der Waals surface area contributed by atoms with Crippen LogP contribution in [0.25, 0.3) is 0 Å². The fourth-order valence-corrected chi connectivity index (χ4v) is 3.37. The molecule has 1 atom stereocenters. The summed E-state index contributed by atoms with van der Waals surface area (Å²) in [6.45, 7) is 5.38. The molecular weight excluding hydrogens is 286 g/mol. The van der Waals surface area contributed by atoms with Crippen LogP contribution in [-0.4, -0.2) is 47.0 Å². The molecule has 120 valence electrons. The number of nitrogens with one attached hydrogen (secondary N) is 2. The summed E-state index contributed by atoms with van der Waals surface area (Å²) in [6.07, 6.45) is 0.779. The van der Waals surface area contributed by atoms with E-state index in [0.29, 0.717) is 11.4 Å². The first-order valence-corrected chi connectivity index (χ1v) is 8.65. The van der Waals surface area contributed by atoms with E-state index in [0.717, 1.165) is 24.1 Å². The van der Waals surface area contributed by atoms with Gasteiger partial charge in [-0.15, -0.1) is 0 Å². The first kappa shape index (κ1) is 18.1. The first-order chi connectivity index (χ1) is 9.76. The number of hydrogen-bond donors (Lipinski definition) is 2. The van der Waals surface area contributed by atoms with Crippen molar-refractivity contribution in [1.82, 2.24) is 14.9 Å². The van der Waals surface area contributed by atoms with Gasteiger partial charge in [0.15, 0.2) is 0 Å². The molecule has 1 unspecified atom stereocenters. The summed E-state index contributed by atoms with van der Waals surface area (Å²) in [6, 6.07) is 5.17. The molecule has 5 nitrogen and oxygen atoms in total. The van der Waals surface area contributed by atoms with Gasteiger partial charge in [-0.25, -0.2) is 13.1 Å². The Bertz CT molecular complexity index is 556. The molecule has 0 saturated carbocycles. The van der Waals surface area contributed by atoms with Gasteiger partial charge >= 0.3 is 0 Å². The monoisotopic (exact) mass is 313 g/mol. The first-order valence-electron chi connectivity index (χ1n) is 7.17. The molecule has 6 heteroatoms. The van der Waals surface area contributed by atoms with E-state index >= 15 is 0 Å². The van der Waals surface area contributed by atoms with Crippen molar-refractivity contribution in [3.8, 4) is 0 Å². The molecule has 0 bridgehead atoms. The molecule has 1 aromatic rings. The van der Waals surface area contributed by atoms with E-state index in [1.807, 2.05) is 46.0 Å². The van der Waals surface area contributed by atoms with Gasteiger partial charge in [0.05, 0.1) is 4.90 Å². The van der Waals surface area contributed by atoms with Crippen molar-refractivity contribution in [2.75, 3.05) is 27.7 Å². The maximum atomic E-state index is 12.4. The van der Waals surface area contributed by atoms with Gasteiger partial charge in [0.1, 0.15) is 0 Å². The van der Waals surface area contributed by atoms with Gasteiger partial charge in [-0.05, 0) is 71.2 Å². The van der Waals surface area contributed by atoms with Crippen LogP contribution >= 0.6 is 0 Å². The van der Waals surface area contributed by atoms with Crippen molar-refractivity contribution in [3.05, 3.63) is 29.3 Å². The molecule has 2 N–H and O–H groups in total. The summed E-state index contributed by atoms with van der Waals surface area (Å²) in [7, 11) is 2.34. The molecule has 0 aliphatic carbocycles. The highest BCUT2D eigenvalue weighted by Crippen LogP contribution is 2.16. The van der Waals surface area contributed by atoms with Crippen LogP contribution < -0.4 is 10.0 Å². The normalized spacial score (nSPS) is 13.6. The van der Waals surface area contributed by atoms with E-state index in [2.05, 4.69) is 10.0 Å². The Morgan fingerprint density at radius 3 is 2.52 bits per heavy atom. The molecule has 0 saturated heterocycles. The second kappa shape index (κ2) is 7.89. The summed E-state index contributed by atoms with van der Waals surface area (Å²) in [5.74, 6) is 0. The maximum absolute atomic E-state index is 12.4. The number of hydrogen-bond acceptors (Lipinski definition) is 4. The van der Waals surface area contributed by atoms with Crippen LogP contribution in [0.4, 0.5) is 0 Å². The van der Waals surface area contributed by atoms with Crippen LogP contribution in [0.15, 0.2) is 23.1 Å². The van der Waals surface area contributed by atoms with Crippen molar-refractivity contribution in [1.29, 1.82) is 0 Å². The minimum Gasteiger partial charge on any atom is -0.316 e. The lowest BCUT2D eigenvalue weighted by Crippen LogP contribution is -2.34. The summed E-state index contributed by atoms with van der Waals surface area (Å²) in [5, 5.41) is 3.06. The standard InChI is InChI=1S/C15H27N3O2S/c1-12-6-7-15(10-14(12)11-16-3)21(19,20)17-13(2)8-9-18(4)5/h6-7,10,13,16-17H,8-9,11H2,1-5H3. The fraction of sp³-hybridized carbons (Fsp3) is 0.600. The molecule has 0 radical (unpaired) electrons. The minimum absolute atomic E-state index is 0.0912. The average Bonchev–Trinajstić information content (AvgIpc) is 2.38. The van der Waals surface area contributed by atoms with Crippen LogP contribution in [0, 0.1) is 6.92 Å². The lowest BCUT2D eigenvalue weighted by Gasteiger charge is -2.17. The Hall–Kier alpha value is -0.950. The van der Waals surface area contributed by atoms with Gasteiger partial charge in [-0.2, -0.15) is 0 Å². The van der Waals surface area contributed by atoms with E-state index in [1.165, 1.54) is 0 Å². The third-order valence-electron chi connectivity index (χ3n) is 3.36. The molecule has 21 heavy (non-hydrogen) atoms. The van der Waals surface area contributed by atoms with E-state index in [9.17, 15) is 8.42 Å². The zero-order valence-electron chi connectivity index (χ0n) is 13.6. The van der Waals surface area contributed by atoms with Crippen molar-refractivity contribution in [2.24, 2.45) is 0 Å². The lowest BCUT2D eigenvalue weighted by molar-refractivity contribution is 0.379. The van der Waals surface area contributed by atoms with Crippen molar-refractivity contribution in [2.45, 2.75) is 37.8 Å². The van der Waals surface area contributed by atoms with E-state index in [-0.39, 0.29) is 6.04 Å². The van der Waals surface area contributed by atoms with Crippen molar-refractivity contribution < 1.29 is 8.42 Å². The van der Waals surface area contributed by atoms with Gasteiger partial charge in [0.2, 0.25) is 10.0 Å². The van der Waals surface area contributed by atoms with Crippen molar-refractivity contribution in [3.63, 3.8) is 0 Å². The van der Waals surface area contributed by atoms with Crippen LogP contribution in [0.2, 0.25) is 0 Å². The molecule has 0 fully saturated rings. The summed E-state index contributed by atoms with van der Waals surface area (Å²) in [4.78, 5) is 2.37. The molecule has 0 aliphatic rings. The highest BCUT2D eigenvalue weighted by molar-refractivity contribution is 7.89. The number of nitrogens with zero attached hydrogens (tertiary/aromatic N) is 1. The quantitative estimate of drug-likeness (QED) is 0.760. The molecule has 0 amide bonds. The molecule has 0 aliphatic heterocycles. The van der Waals surface area contributed by atoms with Gasteiger partial charge in [0, 0.05) is 12.6 Å². The molecule has 1 aromatic carbocycles. The smallest absolute Gasteiger partial charge is 0.240 e. The molecule has 0 heterocycles. The Morgan fingerprint density at radius 2 is 1.95 bits per heavy atom. The zero-order chi connectivity index (χ0) is 16.0. The third kappa shape index (κ3) is 5.74. The lowest BCUT2D eigenvalue weighted by atomic mass is 10.1. The highest BCUT2D eigenvalue weighted by atomic mass is 32.2. The van der Waals surface area contributed by atoms with Gasteiger partial charge < -0.3 is 10.2 Å². The van der Waals surface area contributed by atoms with Crippen LogP contribution in [-0.2, 0) is 16.6 Å². The number of rotatable bonds is 8. The predicted octanol–water partition coefficient (Wildman–Crippen LogP) is 1.33. The minimum atomic E-state index is -3.46. The number of sulfonamides is 1. The Kier molecular flexibility index (Phi) is 6.80. The molecule has 0 spiro atoms. The molecule has 0 aromatic heterocycles. The third-order valence-corrected chi connectivity index (χ3v) is 4.95. The largest absolute Gasteiger partial charge is 0.316 e. The Morgan fingerprint density at radius 1 is 1.29 bits per heavy atom. The Balaban J connectivity index is 2.85. The van der Waals surface area contributed by atoms with E-state index in [4.69, 9.17) is 0 Å². The second-order valence-electron chi connectivity index (χ2n) is 5.73. The summed E-state index contributed by atoms with van der Waals surface area (Å²) in [5.41, 5.74) is 2.09. The van der Waals surface area contributed by atoms with Gasteiger partial charge in [0.25, 0.3) is 0 Å². The molecular formula is C15H27N3O2S. The average molecular weight is 313 g/mol. The summed E-state index contributed by atoms with van der Waals surface area (Å²) >= 11 is 0. The van der Waals surface area contributed by atoms with Crippen LogP contribution in [0.5, 0.6) is 0 Å². The molecule has 1 rings (SSSR count). The van der Waals surface area contributed by atoms with Crippen molar-refractivity contribution >= 4 is 10.0 Å². The highest BCUT2D eigenvalue weighted by Gasteiger charge is 2.18. The Labute approximate surface area is 128 Å².